The Bertz CT molecular complexity index is 2580. The van der Waals surface area contributed by atoms with Crippen molar-refractivity contribution in [3.05, 3.63) is 157 Å². The standard InChI is InChI=1S/C56H54N4O2/c1-55(2,3)47-15-9-7-13-43(47)49-29-27-41(35-57-49)37-19-23-39(24-20-37)45-33-52(60-32-12-18-54(60)62)46(34-51(45)59-31-11-17-53(59)61)40-25-21-38(22-26-40)42-28-30-50(58-36-42)44-14-8-10-16-48(44)56(4,5)6/h7-10,13-16,19-30,33-36H,11-12,17-18,31-32H2,1-6H3. The van der Waals surface area contributed by atoms with Crippen molar-refractivity contribution in [3.8, 4) is 67.0 Å². The first-order valence-electron chi connectivity index (χ1n) is 22.0. The van der Waals surface area contributed by atoms with E-state index in [9.17, 15) is 9.59 Å². The molecule has 0 atom stereocenters. The normalized spacial score (nSPS) is 14.5. The molecule has 2 saturated heterocycles. The van der Waals surface area contributed by atoms with E-state index < -0.39 is 0 Å². The van der Waals surface area contributed by atoms with E-state index in [2.05, 4.69) is 175 Å². The van der Waals surface area contributed by atoms with Crippen molar-refractivity contribution < 1.29 is 9.59 Å². The predicted octanol–water partition coefficient (Wildman–Crippen LogP) is 13.3. The van der Waals surface area contributed by atoms with Gasteiger partial charge >= 0.3 is 0 Å². The van der Waals surface area contributed by atoms with Gasteiger partial charge in [-0.1, -0.05) is 151 Å². The van der Waals surface area contributed by atoms with Gasteiger partial charge in [0.25, 0.3) is 0 Å². The minimum atomic E-state index is 0.00198. The van der Waals surface area contributed by atoms with Crippen LogP contribution >= 0.6 is 0 Å². The fourth-order valence-corrected chi connectivity index (χ4v) is 9.14. The number of nitrogens with zero attached hydrogens (tertiary/aromatic N) is 4. The smallest absolute Gasteiger partial charge is 0.227 e. The van der Waals surface area contributed by atoms with Gasteiger partial charge in [0.05, 0.1) is 22.8 Å². The monoisotopic (exact) mass is 814 g/mol. The molecular formula is C56H54N4O2. The second-order valence-corrected chi connectivity index (χ2v) is 18.8. The molecule has 9 rings (SSSR count). The maximum atomic E-state index is 13.5. The van der Waals surface area contributed by atoms with Crippen molar-refractivity contribution in [1.82, 2.24) is 9.97 Å². The lowest BCUT2D eigenvalue weighted by Crippen LogP contribution is -2.27. The number of hydrogen-bond donors (Lipinski definition) is 0. The summed E-state index contributed by atoms with van der Waals surface area (Å²) < 4.78 is 0. The Morgan fingerprint density at radius 3 is 1.10 bits per heavy atom. The van der Waals surface area contributed by atoms with Crippen molar-refractivity contribution in [3.63, 3.8) is 0 Å². The van der Waals surface area contributed by atoms with Gasteiger partial charge in [0.2, 0.25) is 11.8 Å². The number of carbonyl (C=O) groups excluding carboxylic acids is 2. The summed E-state index contributed by atoms with van der Waals surface area (Å²) in [6.07, 6.45) is 6.57. The summed E-state index contributed by atoms with van der Waals surface area (Å²) in [4.78, 5) is 40.7. The Morgan fingerprint density at radius 2 is 0.774 bits per heavy atom. The van der Waals surface area contributed by atoms with Gasteiger partial charge < -0.3 is 9.80 Å². The molecule has 5 aromatic carbocycles. The molecule has 4 heterocycles. The lowest BCUT2D eigenvalue weighted by Gasteiger charge is -2.27. The molecular weight excluding hydrogens is 761 g/mol. The third-order valence-electron chi connectivity index (χ3n) is 12.4. The van der Waals surface area contributed by atoms with Crippen LogP contribution in [-0.2, 0) is 20.4 Å². The lowest BCUT2D eigenvalue weighted by molar-refractivity contribution is -0.117. The molecule has 0 unspecified atom stereocenters. The van der Waals surface area contributed by atoms with Gasteiger partial charge in [0.15, 0.2) is 0 Å². The number of hydrogen-bond acceptors (Lipinski definition) is 4. The molecule has 6 heteroatoms. The second-order valence-electron chi connectivity index (χ2n) is 18.8. The zero-order chi connectivity index (χ0) is 43.2. The van der Waals surface area contributed by atoms with Crippen LogP contribution in [0, 0.1) is 0 Å². The van der Waals surface area contributed by atoms with E-state index in [1.54, 1.807) is 0 Å². The molecule has 0 aliphatic carbocycles. The molecule has 2 aliphatic rings. The Balaban J connectivity index is 1.06. The van der Waals surface area contributed by atoms with Gasteiger partial charge in [-0.05, 0) is 81.3 Å². The molecule has 2 fully saturated rings. The summed E-state index contributed by atoms with van der Waals surface area (Å²) in [5.74, 6) is 0.240. The average molecular weight is 815 g/mol. The Labute approximate surface area is 366 Å². The third-order valence-corrected chi connectivity index (χ3v) is 12.4. The topological polar surface area (TPSA) is 66.4 Å². The fourth-order valence-electron chi connectivity index (χ4n) is 9.14. The van der Waals surface area contributed by atoms with Crippen LogP contribution in [0.2, 0.25) is 0 Å². The molecule has 0 spiro atoms. The largest absolute Gasteiger partial charge is 0.312 e. The summed E-state index contributed by atoms with van der Waals surface area (Å²) in [6.45, 7) is 14.7. The molecule has 0 saturated carbocycles. The number of anilines is 2. The third kappa shape index (κ3) is 7.98. The molecule has 0 radical (unpaired) electrons. The first-order chi connectivity index (χ1) is 29.8. The molecule has 0 N–H and O–H groups in total. The Morgan fingerprint density at radius 1 is 0.419 bits per heavy atom. The zero-order valence-electron chi connectivity index (χ0n) is 36.7. The number of aromatic nitrogens is 2. The van der Waals surface area contributed by atoms with Crippen molar-refractivity contribution in [1.29, 1.82) is 0 Å². The molecule has 62 heavy (non-hydrogen) atoms. The quantitative estimate of drug-likeness (QED) is 0.153. The second kappa shape index (κ2) is 16.3. The van der Waals surface area contributed by atoms with E-state index in [0.29, 0.717) is 25.9 Å². The van der Waals surface area contributed by atoms with Crippen LogP contribution in [0.25, 0.3) is 67.0 Å². The Hall–Kier alpha value is -6.66. The molecule has 2 aliphatic heterocycles. The van der Waals surface area contributed by atoms with E-state index in [1.165, 1.54) is 11.1 Å². The van der Waals surface area contributed by atoms with Gasteiger partial charge in [-0.2, -0.15) is 0 Å². The minimum Gasteiger partial charge on any atom is -0.312 e. The summed E-state index contributed by atoms with van der Waals surface area (Å²) in [5.41, 5.74) is 16.5. The van der Waals surface area contributed by atoms with E-state index >= 15 is 0 Å². The highest BCUT2D eigenvalue weighted by Gasteiger charge is 2.30. The number of rotatable bonds is 8. The van der Waals surface area contributed by atoms with Crippen LogP contribution < -0.4 is 9.80 Å². The number of pyridine rings is 2. The van der Waals surface area contributed by atoms with Gasteiger partial charge in [-0.15, -0.1) is 0 Å². The molecule has 0 bridgehead atoms. The lowest BCUT2D eigenvalue weighted by atomic mass is 9.83. The molecule has 6 nitrogen and oxygen atoms in total. The van der Waals surface area contributed by atoms with Crippen molar-refractivity contribution in [2.45, 2.75) is 78.1 Å². The van der Waals surface area contributed by atoms with Crippen LogP contribution in [-0.4, -0.2) is 34.9 Å². The molecule has 2 aromatic heterocycles. The van der Waals surface area contributed by atoms with Crippen LogP contribution in [0.15, 0.2) is 146 Å². The average Bonchev–Trinajstić information content (AvgIpc) is 3.92. The van der Waals surface area contributed by atoms with Crippen molar-refractivity contribution >= 4 is 23.2 Å². The fraction of sp³-hybridized carbons (Fsp3) is 0.250. The highest BCUT2D eigenvalue weighted by atomic mass is 16.2. The first-order valence-corrected chi connectivity index (χ1v) is 22.0. The van der Waals surface area contributed by atoms with Gasteiger partial charge in [0, 0.05) is 71.7 Å². The molecule has 2 amide bonds. The number of benzene rings is 5. The molecule has 7 aromatic rings. The van der Waals surface area contributed by atoms with E-state index in [0.717, 1.165) is 91.2 Å². The summed E-state index contributed by atoms with van der Waals surface area (Å²) >= 11 is 0. The number of amides is 2. The summed E-state index contributed by atoms with van der Waals surface area (Å²) in [5, 5.41) is 0. The highest BCUT2D eigenvalue weighted by Crippen LogP contribution is 2.45. The van der Waals surface area contributed by atoms with Crippen LogP contribution in [0.1, 0.15) is 78.4 Å². The van der Waals surface area contributed by atoms with E-state index in [1.807, 2.05) is 22.2 Å². The van der Waals surface area contributed by atoms with Gasteiger partial charge in [0.1, 0.15) is 0 Å². The SMILES string of the molecule is CC(C)(C)c1ccccc1-c1ccc(-c2ccc(-c3cc(N4CCCC4=O)c(-c4ccc(-c5ccc(-c6ccccc6C(C)(C)C)nc5)cc4)cc3N3CCCC3=O)cc2)cn1. The predicted molar refractivity (Wildman–Crippen MR) is 255 cm³/mol. The Kier molecular flexibility index (Phi) is 10.7. The number of carbonyl (C=O) groups is 2. The maximum absolute atomic E-state index is 13.5. The van der Waals surface area contributed by atoms with E-state index in [-0.39, 0.29) is 22.6 Å². The van der Waals surface area contributed by atoms with Gasteiger partial charge in [-0.25, -0.2) is 0 Å². The summed E-state index contributed by atoms with van der Waals surface area (Å²) in [7, 11) is 0. The van der Waals surface area contributed by atoms with Crippen LogP contribution in [0.5, 0.6) is 0 Å². The van der Waals surface area contributed by atoms with Crippen molar-refractivity contribution in [2.24, 2.45) is 0 Å². The van der Waals surface area contributed by atoms with Gasteiger partial charge in [-0.3, -0.25) is 19.6 Å². The molecule has 310 valence electrons. The van der Waals surface area contributed by atoms with Crippen molar-refractivity contribution in [2.75, 3.05) is 22.9 Å². The van der Waals surface area contributed by atoms with Crippen LogP contribution in [0.3, 0.4) is 0 Å². The summed E-state index contributed by atoms with van der Waals surface area (Å²) in [6, 6.07) is 46.8. The van der Waals surface area contributed by atoms with Crippen LogP contribution in [0.4, 0.5) is 11.4 Å². The highest BCUT2D eigenvalue weighted by molar-refractivity contribution is 6.06. The van der Waals surface area contributed by atoms with E-state index in [4.69, 9.17) is 9.97 Å². The maximum Gasteiger partial charge on any atom is 0.227 e. The minimum absolute atomic E-state index is 0.00198. The zero-order valence-corrected chi connectivity index (χ0v) is 36.7. The first kappa shape index (κ1) is 40.7.